The van der Waals surface area contributed by atoms with Crippen LogP contribution in [0, 0.1) is 30.1 Å². The minimum atomic E-state index is -4.35. The topological polar surface area (TPSA) is 111 Å². The van der Waals surface area contributed by atoms with Crippen LogP contribution in [-0.4, -0.2) is 103 Å². The van der Waals surface area contributed by atoms with Crippen molar-refractivity contribution >= 4 is 17.7 Å². The maximum absolute atomic E-state index is 13.7. The van der Waals surface area contributed by atoms with E-state index in [0.29, 0.717) is 12.3 Å². The zero-order valence-corrected chi connectivity index (χ0v) is 29.8. The fraction of sp³-hybridized carbons (Fsp3) is 0.703. The zero-order chi connectivity index (χ0) is 36.6. The summed E-state index contributed by atoms with van der Waals surface area (Å²) in [6.45, 7) is 5.14. The Morgan fingerprint density at radius 1 is 1.08 bits per heavy atom. The first-order valence-electron chi connectivity index (χ1n) is 17.5. The normalized spacial score (nSPS) is 19.1. The number of benzene rings is 1. The third-order valence-electron chi connectivity index (χ3n) is 9.02. The molecule has 2 rings (SSSR count). The number of aliphatic hydroxyl groups excluding tert-OH is 1. The minimum absolute atomic E-state index is 0.000229. The Morgan fingerprint density at radius 3 is 2.37 bits per heavy atom. The Kier molecular flexibility index (Phi) is 18.2. The van der Waals surface area contributed by atoms with E-state index in [0.717, 1.165) is 29.7 Å². The van der Waals surface area contributed by atoms with E-state index in [1.807, 2.05) is 30.3 Å². The predicted molar refractivity (Wildman–Crippen MR) is 184 cm³/mol. The lowest BCUT2D eigenvalue weighted by Crippen LogP contribution is -2.52. The molecule has 0 aromatic heterocycles. The SMILES string of the molecule is C#CCC[C@H](NC(=O)[C@@H](CC(=O)N(C)CCN(C)CC(F)(F)F)Cc1ccccc1)C(=O)NC[C@@H](O)[C@H](CC(C)C)OC1CCCCC1C. The van der Waals surface area contributed by atoms with E-state index in [-0.39, 0.29) is 57.3 Å². The van der Waals surface area contributed by atoms with E-state index >= 15 is 0 Å². The summed E-state index contributed by atoms with van der Waals surface area (Å²) in [6.07, 6.45) is 5.00. The Labute approximate surface area is 290 Å². The van der Waals surface area contributed by atoms with Crippen molar-refractivity contribution in [3.05, 3.63) is 35.9 Å². The highest BCUT2D eigenvalue weighted by atomic mass is 19.4. The average molecular weight is 695 g/mol. The van der Waals surface area contributed by atoms with Gasteiger partial charge in [-0.1, -0.05) is 63.9 Å². The van der Waals surface area contributed by atoms with Crippen molar-refractivity contribution < 1.29 is 37.4 Å². The second-order valence-corrected chi connectivity index (χ2v) is 14.0. The highest BCUT2D eigenvalue weighted by Gasteiger charge is 2.32. The van der Waals surface area contributed by atoms with Crippen molar-refractivity contribution in [1.29, 1.82) is 0 Å². The van der Waals surface area contributed by atoms with Crippen LogP contribution in [0.25, 0.3) is 0 Å². The molecular formula is C37H57F3N4O5. The molecule has 3 amide bonds. The van der Waals surface area contributed by atoms with Gasteiger partial charge < -0.3 is 25.4 Å². The summed E-state index contributed by atoms with van der Waals surface area (Å²) in [5.41, 5.74) is 0.805. The van der Waals surface area contributed by atoms with E-state index in [2.05, 4.69) is 37.3 Å². The number of carbonyl (C=O) groups is 3. The Morgan fingerprint density at radius 2 is 1.76 bits per heavy atom. The van der Waals surface area contributed by atoms with Crippen molar-refractivity contribution in [2.24, 2.45) is 17.8 Å². The number of ether oxygens (including phenoxy) is 1. The minimum Gasteiger partial charge on any atom is -0.389 e. The van der Waals surface area contributed by atoms with Crippen molar-refractivity contribution in [1.82, 2.24) is 20.4 Å². The highest BCUT2D eigenvalue weighted by Crippen LogP contribution is 2.29. The second-order valence-electron chi connectivity index (χ2n) is 14.0. The van der Waals surface area contributed by atoms with Gasteiger partial charge in [0.1, 0.15) is 6.04 Å². The second kappa shape index (κ2) is 21.2. The molecule has 2 unspecified atom stereocenters. The third-order valence-corrected chi connectivity index (χ3v) is 9.02. The molecule has 1 aliphatic carbocycles. The fourth-order valence-corrected chi connectivity index (χ4v) is 6.08. The first kappa shape index (κ1) is 42.0. The number of hydrogen-bond donors (Lipinski definition) is 3. The van der Waals surface area contributed by atoms with Crippen LogP contribution in [0.5, 0.6) is 0 Å². The molecule has 0 spiro atoms. The van der Waals surface area contributed by atoms with Crippen LogP contribution in [0.1, 0.15) is 77.7 Å². The number of hydrogen-bond acceptors (Lipinski definition) is 6. The number of terminal acetylenes is 1. The molecule has 9 nitrogen and oxygen atoms in total. The molecule has 0 saturated heterocycles. The average Bonchev–Trinajstić information content (AvgIpc) is 3.03. The largest absolute Gasteiger partial charge is 0.401 e. The molecule has 12 heteroatoms. The molecule has 0 radical (unpaired) electrons. The zero-order valence-electron chi connectivity index (χ0n) is 29.8. The molecule has 1 aliphatic rings. The van der Waals surface area contributed by atoms with E-state index in [9.17, 15) is 32.7 Å². The van der Waals surface area contributed by atoms with Gasteiger partial charge in [0, 0.05) is 39.5 Å². The molecular weight excluding hydrogens is 637 g/mol. The molecule has 1 aromatic carbocycles. The van der Waals surface area contributed by atoms with Gasteiger partial charge in [0.15, 0.2) is 0 Å². The molecule has 1 saturated carbocycles. The quantitative estimate of drug-likeness (QED) is 0.173. The summed E-state index contributed by atoms with van der Waals surface area (Å²) < 4.78 is 44.6. The summed E-state index contributed by atoms with van der Waals surface area (Å²) in [6, 6.07) is 8.10. The smallest absolute Gasteiger partial charge is 0.389 e. The van der Waals surface area contributed by atoms with Crippen LogP contribution in [0.3, 0.4) is 0 Å². The number of alkyl halides is 3. The van der Waals surface area contributed by atoms with Gasteiger partial charge in [0.2, 0.25) is 17.7 Å². The first-order valence-corrected chi connectivity index (χ1v) is 17.5. The molecule has 0 heterocycles. The lowest BCUT2D eigenvalue weighted by atomic mass is 9.87. The van der Waals surface area contributed by atoms with E-state index in [1.165, 1.54) is 25.4 Å². The summed E-state index contributed by atoms with van der Waals surface area (Å²) in [7, 11) is 2.81. The number of amides is 3. The number of nitrogens with one attached hydrogen (secondary N) is 2. The van der Waals surface area contributed by atoms with Gasteiger partial charge in [0.25, 0.3) is 0 Å². The third kappa shape index (κ3) is 16.4. The van der Waals surface area contributed by atoms with Crippen molar-refractivity contribution in [2.45, 2.75) is 109 Å². The molecule has 6 atom stereocenters. The van der Waals surface area contributed by atoms with Crippen molar-refractivity contribution in [3.8, 4) is 12.3 Å². The van der Waals surface area contributed by atoms with Crippen LogP contribution in [0.4, 0.5) is 13.2 Å². The lowest BCUT2D eigenvalue weighted by Gasteiger charge is -2.35. The summed E-state index contributed by atoms with van der Waals surface area (Å²) in [4.78, 5) is 42.7. The maximum atomic E-state index is 13.7. The molecule has 276 valence electrons. The van der Waals surface area contributed by atoms with Crippen molar-refractivity contribution in [2.75, 3.05) is 40.3 Å². The predicted octanol–water partition coefficient (Wildman–Crippen LogP) is 4.57. The molecule has 0 bridgehead atoms. The van der Waals surface area contributed by atoms with Gasteiger partial charge in [-0.3, -0.25) is 19.3 Å². The van der Waals surface area contributed by atoms with Crippen LogP contribution in [-0.2, 0) is 25.5 Å². The van der Waals surface area contributed by atoms with Crippen LogP contribution in [0.2, 0.25) is 0 Å². The van der Waals surface area contributed by atoms with Gasteiger partial charge in [-0.25, -0.2) is 0 Å². The van der Waals surface area contributed by atoms with E-state index < -0.39 is 54.6 Å². The van der Waals surface area contributed by atoms with E-state index in [4.69, 9.17) is 11.2 Å². The molecule has 0 aliphatic heterocycles. The van der Waals surface area contributed by atoms with Gasteiger partial charge in [-0.05, 0) is 56.6 Å². The highest BCUT2D eigenvalue weighted by molar-refractivity contribution is 5.90. The lowest BCUT2D eigenvalue weighted by molar-refractivity contribution is -0.144. The number of nitrogens with zero attached hydrogens (tertiary/aromatic N) is 2. The van der Waals surface area contributed by atoms with Crippen molar-refractivity contribution in [3.63, 3.8) is 0 Å². The summed E-state index contributed by atoms with van der Waals surface area (Å²) >= 11 is 0. The first-order chi connectivity index (χ1) is 23.1. The Bertz CT molecular complexity index is 1190. The van der Waals surface area contributed by atoms with Crippen LogP contribution >= 0.6 is 0 Å². The maximum Gasteiger partial charge on any atom is 0.401 e. The fourth-order valence-electron chi connectivity index (χ4n) is 6.08. The number of aliphatic hydroxyl groups is 1. The number of likely N-dealkylation sites (N-methyl/N-ethyl adjacent to an activating group) is 2. The standard InChI is InChI=1S/C37H57F3N4O5/c1-7-8-17-30(36(48)41-24-31(45)33(21-26(2)3)49-32-18-13-12-14-27(32)4)42-35(47)29(22-28-15-10-9-11-16-28)23-34(46)44(6)20-19-43(5)25-37(38,39)40/h1,9-11,15-16,26-27,29-33,45H,8,12-14,17-25H2,2-6H3,(H,41,48)(H,42,47)/t27?,29-,30+,31-,32?,33+/m1/s1. The summed E-state index contributed by atoms with van der Waals surface area (Å²) in [5.74, 6) is 0.848. The van der Waals surface area contributed by atoms with Gasteiger partial charge in [-0.2, -0.15) is 13.2 Å². The van der Waals surface area contributed by atoms with E-state index in [1.54, 1.807) is 0 Å². The Balaban J connectivity index is 2.11. The molecule has 1 aromatic rings. The summed E-state index contributed by atoms with van der Waals surface area (Å²) in [5, 5.41) is 16.7. The molecule has 1 fully saturated rings. The van der Waals surface area contributed by atoms with Gasteiger partial charge in [0.05, 0.1) is 30.8 Å². The Hall–Kier alpha value is -3.14. The number of carbonyl (C=O) groups excluding carboxylic acids is 3. The number of halogens is 3. The number of rotatable bonds is 20. The van der Waals surface area contributed by atoms with Gasteiger partial charge in [-0.15, -0.1) is 12.3 Å². The van der Waals surface area contributed by atoms with Crippen LogP contribution in [0.15, 0.2) is 30.3 Å². The van der Waals surface area contributed by atoms with Crippen LogP contribution < -0.4 is 10.6 Å². The molecule has 3 N–H and O–H groups in total. The van der Waals surface area contributed by atoms with Gasteiger partial charge >= 0.3 is 6.18 Å². The monoisotopic (exact) mass is 694 g/mol. The molecule has 49 heavy (non-hydrogen) atoms.